The topological polar surface area (TPSA) is 40.5 Å². The highest BCUT2D eigenvalue weighted by Gasteiger charge is 2.16. The van der Waals surface area contributed by atoms with E-state index in [1.54, 1.807) is 12.1 Å². The zero-order valence-corrected chi connectivity index (χ0v) is 11.3. The van der Waals surface area contributed by atoms with Gasteiger partial charge in [0.15, 0.2) is 0 Å². The van der Waals surface area contributed by atoms with Crippen LogP contribution < -0.4 is 4.90 Å². The third-order valence-electron chi connectivity index (χ3n) is 2.87. The van der Waals surface area contributed by atoms with Gasteiger partial charge in [0.05, 0.1) is 11.3 Å². The van der Waals surface area contributed by atoms with E-state index in [1.165, 1.54) is 6.07 Å². The molecule has 0 amide bonds. The van der Waals surface area contributed by atoms with Crippen LogP contribution in [-0.2, 0) is 0 Å². The molecule has 98 valence electrons. The number of halogens is 1. The van der Waals surface area contributed by atoms with Crippen LogP contribution in [0.1, 0.15) is 17.3 Å². The van der Waals surface area contributed by atoms with Gasteiger partial charge < -0.3 is 10.0 Å². The zero-order valence-electron chi connectivity index (χ0n) is 10.5. The van der Waals surface area contributed by atoms with Crippen LogP contribution >= 0.6 is 11.6 Å². The van der Waals surface area contributed by atoms with Crippen molar-refractivity contribution in [3.05, 3.63) is 59.1 Å². The Bertz CT molecular complexity index is 584. The van der Waals surface area contributed by atoms with Crippen molar-refractivity contribution >= 4 is 28.9 Å². The molecule has 0 saturated carbocycles. The van der Waals surface area contributed by atoms with Crippen molar-refractivity contribution in [2.75, 3.05) is 11.4 Å². The van der Waals surface area contributed by atoms with Crippen LogP contribution in [0.3, 0.4) is 0 Å². The lowest BCUT2D eigenvalue weighted by atomic mass is 10.1. The molecule has 19 heavy (non-hydrogen) atoms. The van der Waals surface area contributed by atoms with Gasteiger partial charge in [0, 0.05) is 17.3 Å². The number of nitrogens with zero attached hydrogens (tertiary/aromatic N) is 1. The predicted octanol–water partition coefficient (Wildman–Crippen LogP) is 4.20. The first-order valence-electron chi connectivity index (χ1n) is 5.99. The van der Waals surface area contributed by atoms with E-state index in [2.05, 4.69) is 0 Å². The number of hydrogen-bond donors (Lipinski definition) is 1. The van der Waals surface area contributed by atoms with E-state index in [0.717, 1.165) is 5.69 Å². The molecule has 0 radical (unpaired) electrons. The molecule has 0 spiro atoms. The van der Waals surface area contributed by atoms with Crippen molar-refractivity contribution in [2.45, 2.75) is 6.92 Å². The third-order valence-corrected chi connectivity index (χ3v) is 3.10. The molecule has 0 heterocycles. The molecule has 2 rings (SSSR count). The Kier molecular flexibility index (Phi) is 4.07. The fraction of sp³-hybridized carbons (Fsp3) is 0.133. The Balaban J connectivity index is 2.55. The van der Waals surface area contributed by atoms with Gasteiger partial charge in [-0.25, -0.2) is 4.79 Å². The second-order valence-electron chi connectivity index (χ2n) is 4.05. The number of para-hydroxylation sites is 1. The average molecular weight is 276 g/mol. The molecular weight excluding hydrogens is 262 g/mol. The summed E-state index contributed by atoms with van der Waals surface area (Å²) in [6.07, 6.45) is 0. The minimum Gasteiger partial charge on any atom is -0.478 e. The molecular formula is C15H14ClNO2. The predicted molar refractivity (Wildman–Crippen MR) is 77.5 cm³/mol. The molecule has 2 aromatic rings. The summed E-state index contributed by atoms with van der Waals surface area (Å²) in [7, 11) is 0. The zero-order chi connectivity index (χ0) is 13.8. The van der Waals surface area contributed by atoms with Crippen LogP contribution in [-0.4, -0.2) is 17.6 Å². The Morgan fingerprint density at radius 1 is 1.21 bits per heavy atom. The Labute approximate surface area is 117 Å². The van der Waals surface area contributed by atoms with Gasteiger partial charge in [-0.05, 0) is 37.3 Å². The number of hydrogen-bond acceptors (Lipinski definition) is 2. The molecule has 2 aromatic carbocycles. The summed E-state index contributed by atoms with van der Waals surface area (Å²) in [5.41, 5.74) is 1.79. The molecule has 0 atom stereocenters. The number of benzene rings is 2. The van der Waals surface area contributed by atoms with Crippen LogP contribution in [0.4, 0.5) is 11.4 Å². The van der Waals surface area contributed by atoms with Crippen molar-refractivity contribution in [1.29, 1.82) is 0 Å². The lowest BCUT2D eigenvalue weighted by molar-refractivity contribution is 0.0697. The fourth-order valence-electron chi connectivity index (χ4n) is 2.01. The van der Waals surface area contributed by atoms with E-state index in [9.17, 15) is 9.90 Å². The second-order valence-corrected chi connectivity index (χ2v) is 4.48. The van der Waals surface area contributed by atoms with Crippen molar-refractivity contribution < 1.29 is 9.90 Å². The van der Waals surface area contributed by atoms with Gasteiger partial charge in [-0.3, -0.25) is 0 Å². The molecule has 0 aliphatic carbocycles. The average Bonchev–Trinajstić information content (AvgIpc) is 2.40. The molecule has 0 unspecified atom stereocenters. The molecule has 3 nitrogen and oxygen atoms in total. The summed E-state index contributed by atoms with van der Waals surface area (Å²) < 4.78 is 0. The van der Waals surface area contributed by atoms with E-state index in [-0.39, 0.29) is 5.56 Å². The Morgan fingerprint density at radius 3 is 2.47 bits per heavy atom. The maximum Gasteiger partial charge on any atom is 0.337 e. The molecule has 0 aliphatic heterocycles. The smallest absolute Gasteiger partial charge is 0.337 e. The largest absolute Gasteiger partial charge is 0.478 e. The fourth-order valence-corrected chi connectivity index (χ4v) is 2.18. The summed E-state index contributed by atoms with van der Waals surface area (Å²) in [5, 5.41) is 9.80. The SMILES string of the molecule is CCN(c1ccccc1)c1cc(Cl)ccc1C(=O)O. The number of carboxylic acids is 1. The minimum absolute atomic E-state index is 0.245. The molecule has 4 heteroatoms. The van der Waals surface area contributed by atoms with Crippen molar-refractivity contribution in [2.24, 2.45) is 0 Å². The third kappa shape index (κ3) is 2.88. The Morgan fingerprint density at radius 2 is 1.89 bits per heavy atom. The summed E-state index contributed by atoms with van der Waals surface area (Å²) >= 11 is 5.99. The Hall–Kier alpha value is -2.00. The molecule has 0 bridgehead atoms. The van der Waals surface area contributed by atoms with Gasteiger partial charge in [-0.15, -0.1) is 0 Å². The van der Waals surface area contributed by atoms with Crippen molar-refractivity contribution in [3.63, 3.8) is 0 Å². The van der Waals surface area contributed by atoms with Gasteiger partial charge in [-0.2, -0.15) is 0 Å². The molecule has 0 fully saturated rings. The monoisotopic (exact) mass is 275 g/mol. The van der Waals surface area contributed by atoms with Gasteiger partial charge >= 0.3 is 5.97 Å². The first-order valence-corrected chi connectivity index (χ1v) is 6.36. The van der Waals surface area contributed by atoms with Crippen LogP contribution in [0.5, 0.6) is 0 Å². The first kappa shape index (κ1) is 13.4. The van der Waals surface area contributed by atoms with E-state index >= 15 is 0 Å². The number of carbonyl (C=O) groups is 1. The lowest BCUT2D eigenvalue weighted by Crippen LogP contribution is -2.19. The summed E-state index contributed by atoms with van der Waals surface area (Å²) in [6, 6.07) is 14.5. The molecule has 0 saturated heterocycles. The molecule has 1 N–H and O–H groups in total. The molecule has 0 aliphatic rings. The van der Waals surface area contributed by atoms with E-state index in [4.69, 9.17) is 11.6 Å². The maximum atomic E-state index is 11.3. The van der Waals surface area contributed by atoms with Crippen molar-refractivity contribution in [1.82, 2.24) is 0 Å². The highest BCUT2D eigenvalue weighted by molar-refractivity contribution is 6.31. The van der Waals surface area contributed by atoms with Gasteiger partial charge in [0.25, 0.3) is 0 Å². The highest BCUT2D eigenvalue weighted by Crippen LogP contribution is 2.30. The van der Waals surface area contributed by atoms with Crippen LogP contribution in [0, 0.1) is 0 Å². The van der Waals surface area contributed by atoms with E-state index in [0.29, 0.717) is 17.3 Å². The summed E-state index contributed by atoms with van der Waals surface area (Å²) in [6.45, 7) is 2.63. The van der Waals surface area contributed by atoms with Crippen LogP contribution in [0.15, 0.2) is 48.5 Å². The quantitative estimate of drug-likeness (QED) is 0.909. The van der Waals surface area contributed by atoms with Crippen molar-refractivity contribution in [3.8, 4) is 0 Å². The highest BCUT2D eigenvalue weighted by atomic mass is 35.5. The number of anilines is 2. The normalized spacial score (nSPS) is 10.2. The van der Waals surface area contributed by atoms with Gasteiger partial charge in [0.1, 0.15) is 0 Å². The van der Waals surface area contributed by atoms with Gasteiger partial charge in [0.2, 0.25) is 0 Å². The van der Waals surface area contributed by atoms with Crippen LogP contribution in [0.2, 0.25) is 5.02 Å². The second kappa shape index (κ2) is 5.76. The first-order chi connectivity index (χ1) is 9.13. The number of carboxylic acid groups (broad SMARTS) is 1. The number of rotatable bonds is 4. The van der Waals surface area contributed by atoms with Gasteiger partial charge in [-0.1, -0.05) is 29.8 Å². The van der Waals surface area contributed by atoms with E-state index < -0.39 is 5.97 Å². The minimum atomic E-state index is -0.957. The summed E-state index contributed by atoms with van der Waals surface area (Å²) in [5.74, 6) is -0.957. The number of aromatic carboxylic acids is 1. The van der Waals surface area contributed by atoms with Crippen LogP contribution in [0.25, 0.3) is 0 Å². The summed E-state index contributed by atoms with van der Waals surface area (Å²) in [4.78, 5) is 13.2. The maximum absolute atomic E-state index is 11.3. The molecule has 0 aromatic heterocycles. The lowest BCUT2D eigenvalue weighted by Gasteiger charge is -2.25. The van der Waals surface area contributed by atoms with E-state index in [1.807, 2.05) is 42.2 Å². The standard InChI is InChI=1S/C15H14ClNO2/c1-2-17(12-6-4-3-5-7-12)14-10-11(16)8-9-13(14)15(18)19/h3-10H,2H2,1H3,(H,18,19).